The number of esters is 1. The third-order valence-electron chi connectivity index (χ3n) is 17.7. The van der Waals surface area contributed by atoms with Gasteiger partial charge in [0.15, 0.2) is 0 Å². The molecule has 0 rings (SSSR count). The number of allylic oxidation sites excluding steroid dienone is 7. The van der Waals surface area contributed by atoms with Crippen molar-refractivity contribution < 1.29 is 37.3 Å². The highest BCUT2D eigenvalue weighted by molar-refractivity contribution is 7.45. The van der Waals surface area contributed by atoms with Gasteiger partial charge in [0.2, 0.25) is 5.91 Å². The van der Waals surface area contributed by atoms with Crippen molar-refractivity contribution in [3.63, 3.8) is 0 Å². The molecule has 0 aromatic carbocycles. The maximum Gasteiger partial charge on any atom is 0.306 e. The molecule has 0 aliphatic heterocycles. The van der Waals surface area contributed by atoms with E-state index in [0.29, 0.717) is 17.4 Å². The highest BCUT2D eigenvalue weighted by Gasteiger charge is 2.27. The van der Waals surface area contributed by atoms with Crippen LogP contribution in [-0.4, -0.2) is 69.4 Å². The van der Waals surface area contributed by atoms with Crippen LogP contribution in [0.1, 0.15) is 393 Å². The van der Waals surface area contributed by atoms with Crippen molar-refractivity contribution in [3.05, 3.63) is 48.6 Å². The second-order valence-corrected chi connectivity index (χ2v) is 29.3. The van der Waals surface area contributed by atoms with Gasteiger partial charge < -0.3 is 28.5 Å². The molecule has 1 N–H and O–H groups in total. The molecule has 9 nitrogen and oxygen atoms in total. The summed E-state index contributed by atoms with van der Waals surface area (Å²) in [4.78, 5) is 40.3. The van der Waals surface area contributed by atoms with E-state index in [0.717, 1.165) is 64.2 Å². The molecule has 3 unspecified atom stereocenters. The number of amides is 1. The van der Waals surface area contributed by atoms with E-state index in [-0.39, 0.29) is 31.5 Å². The van der Waals surface area contributed by atoms with Gasteiger partial charge in [-0.3, -0.25) is 14.2 Å². The Morgan fingerprint density at radius 3 is 1.04 bits per heavy atom. The van der Waals surface area contributed by atoms with Crippen molar-refractivity contribution in [2.24, 2.45) is 0 Å². The molecule has 10 heteroatoms. The number of phosphoric acid groups is 1. The zero-order valence-electron chi connectivity index (χ0n) is 60.2. The van der Waals surface area contributed by atoms with E-state index in [1.165, 1.54) is 295 Å². The van der Waals surface area contributed by atoms with Gasteiger partial charge in [0.05, 0.1) is 33.8 Å². The summed E-state index contributed by atoms with van der Waals surface area (Å²) in [6.07, 6.45) is 88.3. The zero-order chi connectivity index (χ0) is 64.9. The third-order valence-corrected chi connectivity index (χ3v) is 18.7. The fourth-order valence-corrected chi connectivity index (χ4v) is 12.5. The first-order valence-corrected chi connectivity index (χ1v) is 40.4. The molecular formula is C79H151N2O7P. The van der Waals surface area contributed by atoms with Crippen LogP contribution in [-0.2, 0) is 27.9 Å². The van der Waals surface area contributed by atoms with Gasteiger partial charge >= 0.3 is 5.97 Å². The second-order valence-electron chi connectivity index (χ2n) is 27.9. The molecule has 89 heavy (non-hydrogen) atoms. The number of likely N-dealkylation sites (N-methyl/N-ethyl adjacent to an activating group) is 1. The van der Waals surface area contributed by atoms with Gasteiger partial charge in [0, 0.05) is 12.8 Å². The van der Waals surface area contributed by atoms with E-state index in [2.05, 4.69) is 62.5 Å². The summed E-state index contributed by atoms with van der Waals surface area (Å²) in [5.41, 5.74) is 0. The second kappa shape index (κ2) is 68.8. The van der Waals surface area contributed by atoms with Gasteiger partial charge in [-0.25, -0.2) is 0 Å². The van der Waals surface area contributed by atoms with Crippen molar-refractivity contribution in [1.82, 2.24) is 5.32 Å². The number of carbonyl (C=O) groups excluding carboxylic acids is 2. The van der Waals surface area contributed by atoms with Gasteiger partial charge in [0.25, 0.3) is 7.82 Å². The molecule has 3 atom stereocenters. The Kier molecular flexibility index (Phi) is 67.2. The molecule has 0 fully saturated rings. The number of hydrogen-bond donors (Lipinski definition) is 1. The van der Waals surface area contributed by atoms with E-state index in [1.807, 2.05) is 33.3 Å². The van der Waals surface area contributed by atoms with E-state index >= 15 is 0 Å². The predicted molar refractivity (Wildman–Crippen MR) is 386 cm³/mol. The SMILES string of the molecule is CCCCC/C=C\C/C=C\CCCCCCCCCCCCCCCCCCCC(=O)OC(/C=C/CCCCCCCCCCC)C(COP(=O)([O-])OCC[N+](C)(C)C)NC(=O)CCCCCCCCCCCCCCCCC/C=C/CCCCCCCC. The first-order valence-electron chi connectivity index (χ1n) is 38.9. The van der Waals surface area contributed by atoms with Crippen molar-refractivity contribution in [3.8, 4) is 0 Å². The molecule has 0 bridgehead atoms. The summed E-state index contributed by atoms with van der Waals surface area (Å²) in [6.45, 7) is 6.88. The van der Waals surface area contributed by atoms with Crippen LogP contribution in [0.3, 0.4) is 0 Å². The highest BCUT2D eigenvalue weighted by atomic mass is 31.2. The average molecular weight is 1270 g/mol. The van der Waals surface area contributed by atoms with Gasteiger partial charge in [-0.15, -0.1) is 0 Å². The van der Waals surface area contributed by atoms with E-state index in [9.17, 15) is 19.0 Å². The largest absolute Gasteiger partial charge is 0.756 e. The molecule has 0 saturated carbocycles. The molecule has 524 valence electrons. The Hall–Kier alpha value is -2.03. The lowest BCUT2D eigenvalue weighted by molar-refractivity contribution is -0.870. The Morgan fingerprint density at radius 2 is 0.685 bits per heavy atom. The summed E-state index contributed by atoms with van der Waals surface area (Å²) in [7, 11) is 1.20. The number of nitrogens with zero attached hydrogens (tertiary/aromatic N) is 1. The van der Waals surface area contributed by atoms with E-state index in [4.69, 9.17) is 13.8 Å². The molecular weight excluding hydrogens is 1120 g/mol. The monoisotopic (exact) mass is 1270 g/mol. The predicted octanol–water partition coefficient (Wildman–Crippen LogP) is 24.5. The number of hydrogen-bond acceptors (Lipinski definition) is 7. The van der Waals surface area contributed by atoms with Gasteiger partial charge in [-0.05, 0) is 89.5 Å². The summed E-state index contributed by atoms with van der Waals surface area (Å²) < 4.78 is 30.5. The Morgan fingerprint density at radius 1 is 0.393 bits per heavy atom. The summed E-state index contributed by atoms with van der Waals surface area (Å²) >= 11 is 0. The Balaban J connectivity index is 4.87. The molecule has 0 radical (unpaired) electrons. The molecule has 0 heterocycles. The van der Waals surface area contributed by atoms with Gasteiger partial charge in [0.1, 0.15) is 19.3 Å². The van der Waals surface area contributed by atoms with Crippen molar-refractivity contribution in [1.29, 1.82) is 0 Å². The minimum absolute atomic E-state index is 0.0198. The molecule has 0 aromatic rings. The third kappa shape index (κ3) is 70.1. The lowest BCUT2D eigenvalue weighted by Crippen LogP contribution is -2.47. The minimum atomic E-state index is -4.70. The summed E-state index contributed by atoms with van der Waals surface area (Å²) in [6, 6.07) is -0.887. The fraction of sp³-hybridized carbons (Fsp3) is 0.873. The van der Waals surface area contributed by atoms with E-state index < -0.39 is 20.0 Å². The normalized spacial score (nSPS) is 13.7. The van der Waals surface area contributed by atoms with Crippen LogP contribution in [0.2, 0.25) is 0 Å². The maximum absolute atomic E-state index is 13.6. The van der Waals surface area contributed by atoms with Crippen LogP contribution in [0, 0.1) is 0 Å². The minimum Gasteiger partial charge on any atom is -0.756 e. The number of rotatable bonds is 72. The van der Waals surface area contributed by atoms with Crippen molar-refractivity contribution in [2.75, 3.05) is 40.9 Å². The molecule has 0 aliphatic rings. The number of unbranched alkanes of at least 4 members (excludes halogenated alkanes) is 50. The topological polar surface area (TPSA) is 114 Å². The first kappa shape index (κ1) is 87.0. The number of ether oxygens (including phenoxy) is 1. The van der Waals surface area contributed by atoms with Crippen LogP contribution >= 0.6 is 7.82 Å². The van der Waals surface area contributed by atoms with Crippen LogP contribution in [0.25, 0.3) is 0 Å². The average Bonchev–Trinajstić information content (AvgIpc) is 3.71. The van der Waals surface area contributed by atoms with Crippen LogP contribution < -0.4 is 10.2 Å². The standard InChI is InChI=1S/C79H151N2O7P/c1-7-10-13-16-19-22-25-27-29-31-33-35-37-39-40-42-44-46-48-50-52-54-57-60-63-66-69-72-79(83)88-77(70-67-64-61-58-55-24-21-18-15-12-9-3)76(75-87-89(84,85)86-74-73-81(4,5)6)80-78(82)71-68-65-62-59-56-53-51-49-47-45-43-41-38-36-34-32-30-28-26-23-20-17-14-11-8-2/h19,22,27-30,67,70,76-77H,7-18,20-21,23-26,31-66,68-69,71-75H2,1-6H3,(H-,80,82,84,85)/b22-19-,29-27-,30-28+,70-67+. The first-order chi connectivity index (χ1) is 43.4. The smallest absolute Gasteiger partial charge is 0.306 e. The van der Waals surface area contributed by atoms with Crippen molar-refractivity contribution in [2.45, 2.75) is 405 Å². The number of quaternary nitrogens is 1. The summed E-state index contributed by atoms with van der Waals surface area (Å²) in [5.74, 6) is -0.520. The molecule has 1 amide bonds. The van der Waals surface area contributed by atoms with Crippen LogP contribution in [0.5, 0.6) is 0 Å². The van der Waals surface area contributed by atoms with Gasteiger partial charge in [-0.2, -0.15) is 0 Å². The number of nitrogens with one attached hydrogen (secondary N) is 1. The molecule has 0 aliphatic carbocycles. The van der Waals surface area contributed by atoms with E-state index in [1.54, 1.807) is 0 Å². The number of carbonyl (C=O) groups is 2. The highest BCUT2D eigenvalue weighted by Crippen LogP contribution is 2.38. The molecule has 0 saturated heterocycles. The maximum atomic E-state index is 13.6. The molecule has 0 spiro atoms. The lowest BCUT2D eigenvalue weighted by atomic mass is 10.0. The lowest BCUT2D eigenvalue weighted by Gasteiger charge is -2.30. The summed E-state index contributed by atoms with van der Waals surface area (Å²) in [5, 5.41) is 3.05. The van der Waals surface area contributed by atoms with Gasteiger partial charge in [-0.1, -0.05) is 339 Å². The van der Waals surface area contributed by atoms with Crippen molar-refractivity contribution >= 4 is 19.7 Å². The number of phosphoric ester groups is 1. The van der Waals surface area contributed by atoms with Crippen LogP contribution in [0.15, 0.2) is 48.6 Å². The fourth-order valence-electron chi connectivity index (χ4n) is 11.7. The zero-order valence-corrected chi connectivity index (χ0v) is 61.1. The Bertz CT molecular complexity index is 1660. The Labute approximate surface area is 554 Å². The quantitative estimate of drug-likeness (QED) is 0.0212. The molecule has 0 aromatic heterocycles. The van der Waals surface area contributed by atoms with Crippen LogP contribution in [0.4, 0.5) is 0 Å².